The molecule has 0 radical (unpaired) electrons. The Labute approximate surface area is 137 Å². The van der Waals surface area contributed by atoms with Gasteiger partial charge in [0.2, 0.25) is 0 Å². The zero-order valence-corrected chi connectivity index (χ0v) is 13.8. The van der Waals surface area contributed by atoms with Crippen LogP contribution >= 0.6 is 0 Å². The zero-order valence-electron chi connectivity index (χ0n) is 13.8. The Hall–Kier alpha value is -2.49. The molecule has 2 rings (SSSR count). The number of ether oxygens (including phenoxy) is 1. The summed E-state index contributed by atoms with van der Waals surface area (Å²) in [4.78, 5) is 11.8. The van der Waals surface area contributed by atoms with Crippen molar-refractivity contribution in [1.82, 2.24) is 10.6 Å². The average Bonchev–Trinajstić information content (AvgIpc) is 2.56. The summed E-state index contributed by atoms with van der Waals surface area (Å²) in [6.07, 6.45) is 0.836. The third kappa shape index (κ3) is 5.66. The number of aryl methyl sites for hydroxylation is 1. The van der Waals surface area contributed by atoms with E-state index in [-0.39, 0.29) is 6.03 Å². The van der Waals surface area contributed by atoms with Crippen LogP contribution in [-0.4, -0.2) is 19.2 Å². The number of amides is 2. The van der Waals surface area contributed by atoms with Crippen LogP contribution in [0.5, 0.6) is 5.75 Å². The molecule has 0 aliphatic heterocycles. The van der Waals surface area contributed by atoms with Crippen molar-refractivity contribution < 1.29 is 9.53 Å². The number of hydrogen-bond acceptors (Lipinski definition) is 2. The minimum atomic E-state index is -0.146. The van der Waals surface area contributed by atoms with Gasteiger partial charge in [0.05, 0.1) is 6.61 Å². The van der Waals surface area contributed by atoms with Crippen molar-refractivity contribution in [3.8, 4) is 5.75 Å². The predicted molar refractivity (Wildman–Crippen MR) is 92.7 cm³/mol. The molecule has 0 saturated heterocycles. The van der Waals surface area contributed by atoms with Gasteiger partial charge in [0, 0.05) is 13.1 Å². The molecule has 0 atom stereocenters. The molecule has 4 nitrogen and oxygen atoms in total. The Bertz CT molecular complexity index is 624. The fourth-order valence-corrected chi connectivity index (χ4v) is 2.32. The lowest BCUT2D eigenvalue weighted by atomic mass is 10.1. The van der Waals surface area contributed by atoms with Crippen LogP contribution in [0.3, 0.4) is 0 Å². The maximum Gasteiger partial charge on any atom is 0.315 e. The van der Waals surface area contributed by atoms with Gasteiger partial charge in [-0.25, -0.2) is 4.79 Å². The fraction of sp³-hybridized carbons (Fsp3) is 0.316. The van der Waals surface area contributed by atoms with Crippen LogP contribution in [0.4, 0.5) is 4.79 Å². The van der Waals surface area contributed by atoms with Crippen LogP contribution in [0, 0.1) is 6.92 Å². The monoisotopic (exact) mass is 312 g/mol. The summed E-state index contributed by atoms with van der Waals surface area (Å²) in [5.74, 6) is 0.846. The molecule has 2 aromatic rings. The second kappa shape index (κ2) is 8.83. The van der Waals surface area contributed by atoms with Crippen molar-refractivity contribution in [2.24, 2.45) is 0 Å². The van der Waals surface area contributed by atoms with Gasteiger partial charge in [-0.2, -0.15) is 0 Å². The molecule has 23 heavy (non-hydrogen) atoms. The third-order valence-electron chi connectivity index (χ3n) is 3.63. The molecule has 0 aromatic heterocycles. The Morgan fingerprint density at radius 2 is 1.78 bits per heavy atom. The average molecular weight is 312 g/mol. The highest BCUT2D eigenvalue weighted by Gasteiger charge is 2.02. The maximum atomic E-state index is 11.8. The van der Waals surface area contributed by atoms with Gasteiger partial charge < -0.3 is 15.4 Å². The summed E-state index contributed by atoms with van der Waals surface area (Å²) in [6, 6.07) is 15.8. The van der Waals surface area contributed by atoms with Crippen molar-refractivity contribution in [3.05, 3.63) is 65.2 Å². The quantitative estimate of drug-likeness (QED) is 0.823. The first-order valence-corrected chi connectivity index (χ1v) is 7.97. The summed E-state index contributed by atoms with van der Waals surface area (Å²) in [7, 11) is 0. The van der Waals surface area contributed by atoms with E-state index in [1.807, 2.05) is 43.3 Å². The van der Waals surface area contributed by atoms with Gasteiger partial charge in [-0.15, -0.1) is 0 Å². The molecule has 0 aliphatic carbocycles. The molecule has 0 unspecified atom stereocenters. The number of rotatable bonds is 7. The van der Waals surface area contributed by atoms with Gasteiger partial charge in [0.1, 0.15) is 5.75 Å². The van der Waals surface area contributed by atoms with Crippen LogP contribution < -0.4 is 15.4 Å². The number of carbonyl (C=O) groups is 1. The van der Waals surface area contributed by atoms with Crippen molar-refractivity contribution >= 4 is 6.03 Å². The van der Waals surface area contributed by atoms with Gasteiger partial charge in [-0.1, -0.05) is 36.4 Å². The van der Waals surface area contributed by atoms with Gasteiger partial charge in [-0.05, 0) is 49.1 Å². The number of hydrogen-bond donors (Lipinski definition) is 2. The molecule has 0 aliphatic rings. The first-order valence-electron chi connectivity index (χ1n) is 7.97. The molecule has 122 valence electrons. The molecule has 0 bridgehead atoms. The van der Waals surface area contributed by atoms with Crippen LogP contribution in [-0.2, 0) is 13.0 Å². The molecule has 2 aromatic carbocycles. The van der Waals surface area contributed by atoms with Crippen molar-refractivity contribution in [2.75, 3.05) is 13.2 Å². The molecule has 2 amide bonds. The molecule has 0 spiro atoms. The Morgan fingerprint density at radius 1 is 1.04 bits per heavy atom. The predicted octanol–water partition coefficient (Wildman–Crippen LogP) is 3.44. The van der Waals surface area contributed by atoms with E-state index in [9.17, 15) is 4.79 Å². The van der Waals surface area contributed by atoms with Crippen molar-refractivity contribution in [2.45, 2.75) is 26.8 Å². The lowest BCUT2D eigenvalue weighted by Crippen LogP contribution is -2.36. The molecule has 0 fully saturated rings. The highest BCUT2D eigenvalue weighted by atomic mass is 16.5. The standard InChI is InChI=1S/C19H24N2O2/c1-3-23-18-10-8-16(9-11-18)14-21-19(22)20-13-12-17-7-5-4-6-15(17)2/h4-11H,3,12-14H2,1-2H3,(H2,20,21,22). The molecule has 0 saturated carbocycles. The number of carbonyl (C=O) groups excluding carboxylic acids is 1. The number of nitrogens with one attached hydrogen (secondary N) is 2. The normalized spacial score (nSPS) is 10.2. The highest BCUT2D eigenvalue weighted by molar-refractivity contribution is 5.73. The van der Waals surface area contributed by atoms with Gasteiger partial charge in [0.25, 0.3) is 0 Å². The van der Waals surface area contributed by atoms with E-state index in [0.29, 0.717) is 19.7 Å². The summed E-state index contributed by atoms with van der Waals surface area (Å²) in [5.41, 5.74) is 3.56. The van der Waals surface area contributed by atoms with E-state index in [0.717, 1.165) is 17.7 Å². The third-order valence-corrected chi connectivity index (χ3v) is 3.63. The topological polar surface area (TPSA) is 50.4 Å². The van der Waals surface area contributed by atoms with Gasteiger partial charge in [-0.3, -0.25) is 0 Å². The minimum Gasteiger partial charge on any atom is -0.494 e. The Kier molecular flexibility index (Phi) is 6.48. The summed E-state index contributed by atoms with van der Waals surface area (Å²) >= 11 is 0. The minimum absolute atomic E-state index is 0.146. The smallest absolute Gasteiger partial charge is 0.315 e. The van der Waals surface area contributed by atoms with E-state index >= 15 is 0 Å². The first-order chi connectivity index (χ1) is 11.2. The van der Waals surface area contributed by atoms with Crippen molar-refractivity contribution in [3.63, 3.8) is 0 Å². The first kappa shape index (κ1) is 16.9. The summed E-state index contributed by atoms with van der Waals surface area (Å²) in [6.45, 7) is 5.82. The van der Waals surface area contributed by atoms with Gasteiger partial charge in [0.15, 0.2) is 0 Å². The van der Waals surface area contributed by atoms with E-state index in [1.54, 1.807) is 0 Å². The Balaban J connectivity index is 1.69. The summed E-state index contributed by atoms with van der Waals surface area (Å²) < 4.78 is 5.39. The van der Waals surface area contributed by atoms with E-state index in [1.165, 1.54) is 11.1 Å². The van der Waals surface area contributed by atoms with Crippen molar-refractivity contribution in [1.29, 1.82) is 0 Å². The fourth-order valence-electron chi connectivity index (χ4n) is 2.32. The number of benzene rings is 2. The molecule has 2 N–H and O–H groups in total. The van der Waals surface area contributed by atoms with Crippen LogP contribution in [0.2, 0.25) is 0 Å². The molecular formula is C19H24N2O2. The number of urea groups is 1. The molecular weight excluding hydrogens is 288 g/mol. The zero-order chi connectivity index (χ0) is 16.5. The van der Waals surface area contributed by atoms with Crippen LogP contribution in [0.1, 0.15) is 23.6 Å². The lowest BCUT2D eigenvalue weighted by molar-refractivity contribution is 0.240. The van der Waals surface area contributed by atoms with E-state index < -0.39 is 0 Å². The summed E-state index contributed by atoms with van der Waals surface area (Å²) in [5, 5.41) is 5.75. The molecule has 4 heteroatoms. The highest BCUT2D eigenvalue weighted by Crippen LogP contribution is 2.11. The van der Waals surface area contributed by atoms with E-state index in [4.69, 9.17) is 4.74 Å². The molecule has 0 heterocycles. The lowest BCUT2D eigenvalue weighted by Gasteiger charge is -2.09. The van der Waals surface area contributed by atoms with Crippen LogP contribution in [0.15, 0.2) is 48.5 Å². The maximum absolute atomic E-state index is 11.8. The Morgan fingerprint density at radius 3 is 2.48 bits per heavy atom. The van der Waals surface area contributed by atoms with Crippen LogP contribution in [0.25, 0.3) is 0 Å². The largest absolute Gasteiger partial charge is 0.494 e. The van der Waals surface area contributed by atoms with E-state index in [2.05, 4.69) is 29.7 Å². The van der Waals surface area contributed by atoms with Gasteiger partial charge >= 0.3 is 6.03 Å². The second-order valence-corrected chi connectivity index (χ2v) is 5.36. The second-order valence-electron chi connectivity index (χ2n) is 5.36. The SMILES string of the molecule is CCOc1ccc(CNC(=O)NCCc2ccccc2C)cc1.